The van der Waals surface area contributed by atoms with Crippen LogP contribution in [0.5, 0.6) is 5.75 Å². The van der Waals surface area contributed by atoms with Crippen molar-refractivity contribution in [1.29, 1.82) is 5.26 Å². The highest BCUT2D eigenvalue weighted by Gasteiger charge is 2.49. The van der Waals surface area contributed by atoms with Gasteiger partial charge in [0.2, 0.25) is 0 Å². The van der Waals surface area contributed by atoms with Gasteiger partial charge in [-0.15, -0.1) is 0 Å². The van der Waals surface area contributed by atoms with Gasteiger partial charge in [-0.2, -0.15) is 5.26 Å². The maximum absolute atomic E-state index is 10.8. The number of methoxy groups -OCH3 is 1. The summed E-state index contributed by atoms with van der Waals surface area (Å²) in [5, 5.41) is 26.9. The molecule has 1 aliphatic carbocycles. The van der Waals surface area contributed by atoms with Crippen molar-refractivity contribution in [1.82, 2.24) is 10.6 Å². The minimum atomic E-state index is -0.782. The van der Waals surface area contributed by atoms with E-state index in [2.05, 4.69) is 47.0 Å². The van der Waals surface area contributed by atoms with Gasteiger partial charge in [0.05, 0.1) is 24.4 Å². The Morgan fingerprint density at radius 2 is 1.90 bits per heavy atom. The first-order valence-electron chi connectivity index (χ1n) is 10.1. The summed E-state index contributed by atoms with van der Waals surface area (Å²) in [4.78, 5) is 1.94. The van der Waals surface area contributed by atoms with Crippen LogP contribution in [0.2, 0.25) is 0 Å². The van der Waals surface area contributed by atoms with Crippen molar-refractivity contribution in [2.24, 2.45) is 0 Å². The summed E-state index contributed by atoms with van der Waals surface area (Å²) >= 11 is 0. The van der Waals surface area contributed by atoms with Crippen LogP contribution in [0, 0.1) is 11.3 Å². The maximum Gasteiger partial charge on any atom is 0.184 e. The zero-order valence-corrected chi connectivity index (χ0v) is 17.0. The van der Waals surface area contributed by atoms with E-state index in [1.54, 1.807) is 19.2 Å². The van der Waals surface area contributed by atoms with Crippen molar-refractivity contribution in [2.75, 3.05) is 25.6 Å². The van der Waals surface area contributed by atoms with E-state index in [1.165, 1.54) is 5.56 Å². The predicted octanol–water partition coefficient (Wildman–Crippen LogP) is 2.68. The average Bonchev–Trinajstić information content (AvgIpc) is 3.10. The third kappa shape index (κ3) is 3.46. The first-order chi connectivity index (χ1) is 14.0. The number of rotatable bonds is 4. The zero-order chi connectivity index (χ0) is 20.5. The monoisotopic (exact) mass is 392 g/mol. The Morgan fingerprint density at radius 1 is 1.17 bits per heavy atom. The van der Waals surface area contributed by atoms with Crippen LogP contribution in [-0.2, 0) is 5.54 Å². The van der Waals surface area contributed by atoms with Crippen LogP contribution in [0.3, 0.4) is 0 Å². The van der Waals surface area contributed by atoms with Gasteiger partial charge in [-0.3, -0.25) is 5.32 Å². The molecule has 0 bridgehead atoms. The molecule has 1 heterocycles. The number of nitrogens with zero attached hydrogens (tertiary/aromatic N) is 2. The van der Waals surface area contributed by atoms with Gasteiger partial charge in [-0.1, -0.05) is 30.3 Å². The molecule has 0 amide bonds. The fourth-order valence-electron chi connectivity index (χ4n) is 4.91. The second-order valence-electron chi connectivity index (χ2n) is 8.12. The Kier molecular flexibility index (Phi) is 5.22. The topological polar surface area (TPSA) is 80.6 Å². The van der Waals surface area contributed by atoms with Crippen molar-refractivity contribution >= 4 is 5.69 Å². The molecule has 6 heteroatoms. The first-order valence-corrected chi connectivity index (χ1v) is 10.1. The van der Waals surface area contributed by atoms with E-state index in [-0.39, 0.29) is 11.1 Å². The number of aliphatic hydroxyl groups excluding tert-OH is 1. The lowest BCUT2D eigenvalue weighted by Gasteiger charge is -2.45. The van der Waals surface area contributed by atoms with Gasteiger partial charge < -0.3 is 20.1 Å². The van der Waals surface area contributed by atoms with Crippen LogP contribution in [0.25, 0.3) is 0 Å². The minimum Gasteiger partial charge on any atom is -0.495 e. The van der Waals surface area contributed by atoms with Crippen molar-refractivity contribution in [2.45, 2.75) is 43.1 Å². The number of nitriles is 1. The second-order valence-corrected chi connectivity index (χ2v) is 8.12. The van der Waals surface area contributed by atoms with Crippen LogP contribution in [-0.4, -0.2) is 37.7 Å². The van der Waals surface area contributed by atoms with Gasteiger partial charge in [0.15, 0.2) is 6.35 Å². The number of benzene rings is 2. The Bertz CT molecular complexity index is 901. The summed E-state index contributed by atoms with van der Waals surface area (Å²) in [6.07, 6.45) is 3.11. The van der Waals surface area contributed by atoms with Gasteiger partial charge in [0, 0.05) is 23.7 Å². The highest BCUT2D eigenvalue weighted by Crippen LogP contribution is 2.45. The number of nitrogens with one attached hydrogen (secondary N) is 2. The molecule has 29 heavy (non-hydrogen) atoms. The molecule has 1 saturated heterocycles. The molecule has 2 aromatic rings. The van der Waals surface area contributed by atoms with Gasteiger partial charge in [-0.25, -0.2) is 0 Å². The number of hydrogen-bond acceptors (Lipinski definition) is 6. The van der Waals surface area contributed by atoms with Crippen LogP contribution in [0.1, 0.15) is 36.8 Å². The van der Waals surface area contributed by atoms with Crippen LogP contribution < -0.4 is 20.3 Å². The van der Waals surface area contributed by atoms with Gasteiger partial charge in [0.1, 0.15) is 5.75 Å². The van der Waals surface area contributed by atoms with E-state index in [0.29, 0.717) is 17.9 Å². The molecule has 2 fully saturated rings. The molecule has 152 valence electrons. The molecule has 6 nitrogen and oxygen atoms in total. The SMILES string of the molecule is CNC1(c2ccccc2)CCC2(CC1)CN(c1ccc(C#N)cc1OC)C(O)N2. The van der Waals surface area contributed by atoms with Crippen LogP contribution >= 0.6 is 0 Å². The van der Waals surface area contributed by atoms with Gasteiger partial charge in [-0.05, 0) is 50.4 Å². The van der Waals surface area contributed by atoms with E-state index in [4.69, 9.17) is 10.00 Å². The molecule has 0 aromatic heterocycles. The fourth-order valence-corrected chi connectivity index (χ4v) is 4.91. The van der Waals surface area contributed by atoms with E-state index < -0.39 is 6.35 Å². The molecule has 1 aliphatic heterocycles. The fraction of sp³-hybridized carbons (Fsp3) is 0.435. The number of anilines is 1. The summed E-state index contributed by atoms with van der Waals surface area (Å²) < 4.78 is 5.49. The lowest BCUT2D eigenvalue weighted by molar-refractivity contribution is 0.107. The summed E-state index contributed by atoms with van der Waals surface area (Å²) in [6.45, 7) is 0.699. The molecule has 1 atom stereocenters. The normalized spacial score (nSPS) is 29.0. The zero-order valence-electron chi connectivity index (χ0n) is 17.0. The molecule has 0 radical (unpaired) electrons. The molecule has 1 saturated carbocycles. The summed E-state index contributed by atoms with van der Waals surface area (Å²) in [6, 6.07) is 18.1. The van der Waals surface area contributed by atoms with Gasteiger partial charge in [0.25, 0.3) is 0 Å². The third-order valence-electron chi connectivity index (χ3n) is 6.69. The Labute approximate surface area is 172 Å². The molecule has 3 N–H and O–H groups in total. The number of hydrogen-bond donors (Lipinski definition) is 3. The summed E-state index contributed by atoms with van der Waals surface area (Å²) in [7, 11) is 3.63. The smallest absolute Gasteiger partial charge is 0.184 e. The molecule has 1 spiro atoms. The highest BCUT2D eigenvalue weighted by atomic mass is 16.5. The Morgan fingerprint density at radius 3 is 2.52 bits per heavy atom. The van der Waals surface area contributed by atoms with Crippen molar-refractivity contribution in [3.8, 4) is 11.8 Å². The lowest BCUT2D eigenvalue weighted by Crippen LogP contribution is -2.54. The van der Waals surface area contributed by atoms with E-state index in [1.807, 2.05) is 18.0 Å². The molecular weight excluding hydrogens is 364 g/mol. The average molecular weight is 393 g/mol. The molecular formula is C23H28N4O2. The van der Waals surface area contributed by atoms with Gasteiger partial charge >= 0.3 is 0 Å². The second kappa shape index (κ2) is 7.68. The quantitative estimate of drug-likeness (QED) is 0.742. The Hall–Kier alpha value is -2.59. The standard InChI is InChI=1S/C23H28N4O2/c1-25-23(18-6-4-3-5-7-18)12-10-22(11-13-23)16-27(21(28)26-22)19-9-8-17(15-24)14-20(19)29-2/h3-9,14,21,25-26,28H,10-13,16H2,1-2H3. The van der Waals surface area contributed by atoms with E-state index in [0.717, 1.165) is 31.4 Å². The van der Waals surface area contributed by atoms with Crippen molar-refractivity contribution in [3.05, 3.63) is 59.7 Å². The molecule has 1 unspecified atom stereocenters. The van der Waals surface area contributed by atoms with Crippen molar-refractivity contribution < 1.29 is 9.84 Å². The van der Waals surface area contributed by atoms with Crippen LogP contribution in [0.4, 0.5) is 5.69 Å². The molecule has 2 aliphatic rings. The summed E-state index contributed by atoms with van der Waals surface area (Å²) in [5.74, 6) is 0.603. The molecule has 2 aromatic carbocycles. The largest absolute Gasteiger partial charge is 0.495 e. The predicted molar refractivity (Wildman–Crippen MR) is 113 cm³/mol. The third-order valence-corrected chi connectivity index (χ3v) is 6.69. The van der Waals surface area contributed by atoms with Crippen LogP contribution in [0.15, 0.2) is 48.5 Å². The van der Waals surface area contributed by atoms with Crippen molar-refractivity contribution in [3.63, 3.8) is 0 Å². The number of ether oxygens (including phenoxy) is 1. The Balaban J connectivity index is 1.55. The summed E-state index contributed by atoms with van der Waals surface area (Å²) in [5.41, 5.74) is 2.49. The maximum atomic E-state index is 10.8. The van der Waals surface area contributed by atoms with E-state index in [9.17, 15) is 5.11 Å². The van der Waals surface area contributed by atoms with E-state index >= 15 is 0 Å². The highest BCUT2D eigenvalue weighted by molar-refractivity contribution is 5.62. The first kappa shape index (κ1) is 19.7. The minimum absolute atomic E-state index is 0.0291. The lowest BCUT2D eigenvalue weighted by atomic mass is 9.69. The number of aliphatic hydroxyl groups is 1. The molecule has 4 rings (SSSR count).